The molecule has 0 fully saturated rings. The Morgan fingerprint density at radius 1 is 1.18 bits per heavy atom. The molecule has 0 radical (unpaired) electrons. The molecule has 0 aliphatic heterocycles. The zero-order chi connectivity index (χ0) is 7.28. The first-order valence-corrected chi connectivity index (χ1v) is 2.27. The van der Waals surface area contributed by atoms with Gasteiger partial charge in [-0.05, 0) is 0 Å². The molecule has 0 amide bonds. The molecule has 0 aliphatic carbocycles. The molecule has 0 unspecified atom stereocenters. The summed E-state index contributed by atoms with van der Waals surface area (Å²) in [5.41, 5.74) is 0. The van der Waals surface area contributed by atoms with Crippen molar-refractivity contribution < 1.29 is 67.3 Å². The minimum absolute atomic E-state index is 0. The molecule has 0 atom stereocenters. The van der Waals surface area contributed by atoms with E-state index in [1.807, 2.05) is 0 Å². The van der Waals surface area contributed by atoms with Crippen molar-refractivity contribution in [2.45, 2.75) is 0 Å². The van der Waals surface area contributed by atoms with Gasteiger partial charge in [0.05, 0.1) is 13.1 Å². The van der Waals surface area contributed by atoms with Crippen molar-refractivity contribution in [1.82, 2.24) is 5.32 Å². The van der Waals surface area contributed by atoms with Crippen molar-refractivity contribution in [3.05, 3.63) is 0 Å². The van der Waals surface area contributed by atoms with E-state index in [0.29, 0.717) is 0 Å². The summed E-state index contributed by atoms with van der Waals surface area (Å²) < 4.78 is 0. The Morgan fingerprint density at radius 2 is 1.45 bits per heavy atom. The van der Waals surface area contributed by atoms with Crippen LogP contribution in [0.1, 0.15) is 1.43 Å². The molecule has 0 aromatic carbocycles. The molecular formula is C4H8NNaNiO4. The van der Waals surface area contributed by atoms with E-state index in [-0.39, 0.29) is 60.6 Å². The Balaban J connectivity index is -0.000000107. The summed E-state index contributed by atoms with van der Waals surface area (Å²) in [6.45, 7) is -0.626. The predicted octanol–water partition coefficient (Wildman–Crippen LogP) is -4.14. The largest absolute Gasteiger partial charge is 1.00 e. The van der Waals surface area contributed by atoms with Crippen LogP contribution in [0.3, 0.4) is 0 Å². The maximum absolute atomic E-state index is 9.73. The first-order chi connectivity index (χ1) is 4.13. The molecule has 0 aromatic heterocycles. The molecule has 3 N–H and O–H groups in total. The van der Waals surface area contributed by atoms with Crippen LogP contribution in [0.15, 0.2) is 0 Å². The fraction of sp³-hybridized carbons (Fsp3) is 0.500. The van der Waals surface area contributed by atoms with Gasteiger partial charge in [0, 0.05) is 16.5 Å². The molecule has 0 aliphatic rings. The summed E-state index contributed by atoms with van der Waals surface area (Å²) >= 11 is 0. The van der Waals surface area contributed by atoms with Crippen LogP contribution in [0, 0.1) is 0 Å². The zero-order valence-corrected chi connectivity index (χ0v) is 8.93. The molecule has 0 saturated heterocycles. The van der Waals surface area contributed by atoms with Crippen molar-refractivity contribution in [2.75, 3.05) is 13.1 Å². The number of carboxylic acid groups (broad SMARTS) is 2. The minimum atomic E-state index is -1.06. The molecule has 64 valence electrons. The summed E-state index contributed by atoms with van der Waals surface area (Å²) in [4.78, 5) is 19.5. The van der Waals surface area contributed by atoms with E-state index in [9.17, 15) is 9.59 Å². The Morgan fingerprint density at radius 3 is 1.64 bits per heavy atom. The topological polar surface area (TPSA) is 86.6 Å². The Labute approximate surface area is 97.2 Å². The average Bonchev–Trinajstić information content (AvgIpc) is 1.63. The average molecular weight is 216 g/mol. The quantitative estimate of drug-likeness (QED) is 0.415. The van der Waals surface area contributed by atoms with Crippen LogP contribution in [0.5, 0.6) is 0 Å². The molecule has 0 spiro atoms. The van der Waals surface area contributed by atoms with E-state index in [1.165, 1.54) is 0 Å². The number of carboxylic acids is 2. The van der Waals surface area contributed by atoms with Crippen LogP contribution in [-0.2, 0) is 26.1 Å². The summed E-state index contributed by atoms with van der Waals surface area (Å²) in [5.74, 6) is -2.12. The zero-order valence-electron chi connectivity index (χ0n) is 6.94. The molecule has 0 saturated carbocycles. The third-order valence-corrected chi connectivity index (χ3v) is 0.552. The van der Waals surface area contributed by atoms with Crippen molar-refractivity contribution >= 4 is 11.9 Å². The Bertz CT molecular complexity index is 122. The van der Waals surface area contributed by atoms with Gasteiger partial charge >= 0.3 is 41.5 Å². The third-order valence-electron chi connectivity index (χ3n) is 0.552. The number of hydrogen-bond acceptors (Lipinski definition) is 3. The van der Waals surface area contributed by atoms with Gasteiger partial charge < -0.3 is 11.6 Å². The molecule has 0 heterocycles. The molecular weight excluding hydrogens is 208 g/mol. The van der Waals surface area contributed by atoms with E-state index in [2.05, 4.69) is 5.32 Å². The summed E-state index contributed by atoms with van der Waals surface area (Å²) in [7, 11) is 0. The van der Waals surface area contributed by atoms with E-state index in [0.717, 1.165) is 0 Å². The first-order valence-electron chi connectivity index (χ1n) is 2.27. The second-order valence-electron chi connectivity index (χ2n) is 1.39. The van der Waals surface area contributed by atoms with Gasteiger partial charge in [0.25, 0.3) is 0 Å². The van der Waals surface area contributed by atoms with Crippen molar-refractivity contribution in [3.8, 4) is 0 Å². The fourth-order valence-electron chi connectivity index (χ4n) is 0.276. The third kappa shape index (κ3) is 17.9. The van der Waals surface area contributed by atoms with Gasteiger partial charge in [0.15, 0.2) is 0 Å². The number of carbonyl (C=O) groups is 2. The molecule has 0 aromatic rings. The van der Waals surface area contributed by atoms with E-state index < -0.39 is 11.9 Å². The van der Waals surface area contributed by atoms with Gasteiger partial charge in [-0.2, -0.15) is 0 Å². The van der Waals surface area contributed by atoms with Crippen molar-refractivity contribution in [2.24, 2.45) is 0 Å². The van der Waals surface area contributed by atoms with E-state index in [1.54, 1.807) is 0 Å². The number of hydrogen-bond donors (Lipinski definition) is 3. The van der Waals surface area contributed by atoms with Gasteiger partial charge in [-0.1, -0.05) is 0 Å². The van der Waals surface area contributed by atoms with Crippen molar-refractivity contribution in [3.63, 3.8) is 0 Å². The van der Waals surface area contributed by atoms with Crippen LogP contribution in [-0.4, -0.2) is 35.2 Å². The van der Waals surface area contributed by atoms with Gasteiger partial charge in [-0.3, -0.25) is 14.9 Å². The Hall–Kier alpha value is 0.394. The first kappa shape index (κ1) is 17.5. The maximum atomic E-state index is 9.73. The van der Waals surface area contributed by atoms with Gasteiger partial charge in [0.1, 0.15) is 0 Å². The van der Waals surface area contributed by atoms with Crippen LogP contribution >= 0.6 is 0 Å². The predicted molar refractivity (Wildman–Crippen MR) is 29.3 cm³/mol. The fourth-order valence-corrected chi connectivity index (χ4v) is 0.276. The van der Waals surface area contributed by atoms with Crippen LogP contribution < -0.4 is 34.9 Å². The van der Waals surface area contributed by atoms with Gasteiger partial charge in [-0.25, -0.2) is 0 Å². The standard InChI is InChI=1S/C4H7NO4.Na.Ni.H/c6-3(7)1-5-2-4(8)9;;;/h5H,1-2H2,(H,6,7)(H,8,9);;;/q;+1;;-1. The van der Waals surface area contributed by atoms with Crippen LogP contribution in [0.2, 0.25) is 0 Å². The van der Waals surface area contributed by atoms with Crippen molar-refractivity contribution in [1.29, 1.82) is 0 Å². The smallest absolute Gasteiger partial charge is 1.00 e. The monoisotopic (exact) mass is 215 g/mol. The molecule has 0 bridgehead atoms. The van der Waals surface area contributed by atoms with Crippen LogP contribution in [0.25, 0.3) is 0 Å². The second-order valence-corrected chi connectivity index (χ2v) is 1.39. The normalized spacial score (nSPS) is 7.27. The van der Waals surface area contributed by atoms with Gasteiger partial charge in [0.2, 0.25) is 0 Å². The van der Waals surface area contributed by atoms with Gasteiger partial charge in [-0.15, -0.1) is 0 Å². The molecule has 11 heavy (non-hydrogen) atoms. The van der Waals surface area contributed by atoms with Crippen LogP contribution in [0.4, 0.5) is 0 Å². The summed E-state index contributed by atoms with van der Waals surface area (Å²) in [6, 6.07) is 0. The summed E-state index contributed by atoms with van der Waals surface area (Å²) in [5, 5.41) is 18.1. The maximum Gasteiger partial charge on any atom is 1.00 e. The summed E-state index contributed by atoms with van der Waals surface area (Å²) in [6.07, 6.45) is 0. The Kier molecular flexibility index (Phi) is 16.5. The number of rotatable bonds is 4. The molecule has 5 nitrogen and oxygen atoms in total. The second kappa shape index (κ2) is 10.4. The van der Waals surface area contributed by atoms with E-state index >= 15 is 0 Å². The SMILES string of the molecule is O=C(O)CNCC(=O)O.[H-].[Na+].[Ni]. The molecule has 7 heteroatoms. The molecule has 0 rings (SSSR count). The number of nitrogens with one attached hydrogen (secondary N) is 1. The van der Waals surface area contributed by atoms with E-state index in [4.69, 9.17) is 10.2 Å². The minimum Gasteiger partial charge on any atom is -1.00 e. The number of aliphatic carboxylic acids is 2.